The second kappa shape index (κ2) is 3.91. The van der Waals surface area contributed by atoms with Gasteiger partial charge in [0.25, 0.3) is 0 Å². The maximum Gasteiger partial charge on any atom is 0.358 e. The van der Waals surface area contributed by atoms with Gasteiger partial charge in [-0.3, -0.25) is 0 Å². The molecular weight excluding hydrogens is 184 g/mol. The van der Waals surface area contributed by atoms with Crippen LogP contribution in [0.25, 0.3) is 0 Å². The predicted molar refractivity (Wildman–Crippen MR) is 52.2 cm³/mol. The molecule has 76 valence electrons. The van der Waals surface area contributed by atoms with E-state index in [9.17, 15) is 4.79 Å². The zero-order valence-corrected chi connectivity index (χ0v) is 7.98. The van der Waals surface area contributed by atoms with Crippen molar-refractivity contribution < 1.29 is 9.90 Å². The van der Waals surface area contributed by atoms with Crippen LogP contribution in [0.2, 0.25) is 0 Å². The van der Waals surface area contributed by atoms with Crippen molar-refractivity contribution in [2.24, 2.45) is 0 Å². The van der Waals surface area contributed by atoms with E-state index in [1.807, 2.05) is 13.8 Å². The van der Waals surface area contributed by atoms with E-state index >= 15 is 0 Å². The number of nitrogens with zero attached hydrogens (tertiary/aromatic N) is 2. The second-order valence-corrected chi connectivity index (χ2v) is 3.09. The van der Waals surface area contributed by atoms with Gasteiger partial charge in [0.05, 0.1) is 6.20 Å². The molecule has 0 aromatic carbocycles. The number of aromatic nitrogens is 2. The molecule has 0 radical (unpaired) electrons. The van der Waals surface area contributed by atoms with Crippen molar-refractivity contribution in [1.82, 2.24) is 9.97 Å². The Balaban J connectivity index is 2.94. The normalized spacial score (nSPS) is 10.2. The van der Waals surface area contributed by atoms with Gasteiger partial charge in [0.15, 0.2) is 11.5 Å². The van der Waals surface area contributed by atoms with Gasteiger partial charge in [0, 0.05) is 6.04 Å². The van der Waals surface area contributed by atoms with E-state index in [-0.39, 0.29) is 17.6 Å². The highest BCUT2D eigenvalue weighted by Crippen LogP contribution is 2.10. The molecule has 14 heavy (non-hydrogen) atoms. The van der Waals surface area contributed by atoms with Gasteiger partial charge in [-0.25, -0.2) is 14.8 Å². The fourth-order valence-electron chi connectivity index (χ4n) is 0.934. The number of carboxylic acids is 1. The summed E-state index contributed by atoms with van der Waals surface area (Å²) in [7, 11) is 0. The number of carboxylic acid groups (broad SMARTS) is 1. The van der Waals surface area contributed by atoms with Crippen molar-refractivity contribution in [2.75, 3.05) is 11.1 Å². The quantitative estimate of drug-likeness (QED) is 0.653. The molecule has 4 N–H and O–H groups in total. The Hall–Kier alpha value is -1.85. The van der Waals surface area contributed by atoms with E-state index in [0.29, 0.717) is 5.82 Å². The van der Waals surface area contributed by atoms with Crippen LogP contribution in [-0.4, -0.2) is 27.1 Å². The van der Waals surface area contributed by atoms with Crippen LogP contribution in [0.4, 0.5) is 11.6 Å². The van der Waals surface area contributed by atoms with Crippen molar-refractivity contribution in [1.29, 1.82) is 0 Å². The number of hydrogen-bond acceptors (Lipinski definition) is 5. The number of nitrogens with one attached hydrogen (secondary N) is 1. The molecule has 1 aromatic rings. The van der Waals surface area contributed by atoms with Crippen LogP contribution in [0.5, 0.6) is 0 Å². The maximum atomic E-state index is 10.6. The number of anilines is 2. The first-order chi connectivity index (χ1) is 6.50. The summed E-state index contributed by atoms with van der Waals surface area (Å²) < 4.78 is 0. The van der Waals surface area contributed by atoms with Crippen LogP contribution in [0.3, 0.4) is 0 Å². The second-order valence-electron chi connectivity index (χ2n) is 3.09. The number of aromatic carboxylic acids is 1. The Bertz CT molecular complexity index is 351. The smallest absolute Gasteiger partial charge is 0.358 e. The lowest BCUT2D eigenvalue weighted by Crippen LogP contribution is -2.14. The summed E-state index contributed by atoms with van der Waals surface area (Å²) in [6, 6.07) is 0.194. The highest BCUT2D eigenvalue weighted by molar-refractivity contribution is 5.90. The predicted octanol–water partition coefficient (Wildman–Crippen LogP) is 0.577. The van der Waals surface area contributed by atoms with Crippen molar-refractivity contribution in [3.8, 4) is 0 Å². The van der Waals surface area contributed by atoms with Gasteiger partial charge < -0.3 is 16.2 Å². The first kappa shape index (κ1) is 10.2. The number of nitrogen functional groups attached to an aromatic ring is 1. The highest BCUT2D eigenvalue weighted by atomic mass is 16.4. The third-order valence-electron chi connectivity index (χ3n) is 1.44. The molecular formula is C8H12N4O2. The van der Waals surface area contributed by atoms with Crippen molar-refractivity contribution in [3.05, 3.63) is 11.9 Å². The molecule has 0 aliphatic rings. The molecule has 0 saturated carbocycles. The standard InChI is InChI=1S/C8H12N4O2/c1-4(2)11-5-3-10-6(8(13)14)7(9)12-5/h3-4H,1-2H3,(H,13,14)(H3,9,11,12). The van der Waals surface area contributed by atoms with E-state index in [1.54, 1.807) is 0 Å². The molecule has 0 atom stereocenters. The van der Waals surface area contributed by atoms with Crippen LogP contribution in [0.15, 0.2) is 6.20 Å². The van der Waals surface area contributed by atoms with E-state index in [0.717, 1.165) is 0 Å². The van der Waals surface area contributed by atoms with Crippen LogP contribution in [-0.2, 0) is 0 Å². The highest BCUT2D eigenvalue weighted by Gasteiger charge is 2.11. The van der Waals surface area contributed by atoms with Crippen LogP contribution >= 0.6 is 0 Å². The zero-order valence-electron chi connectivity index (χ0n) is 7.98. The zero-order chi connectivity index (χ0) is 10.7. The van der Waals surface area contributed by atoms with Gasteiger partial charge in [-0.15, -0.1) is 0 Å². The van der Waals surface area contributed by atoms with Gasteiger partial charge in [-0.1, -0.05) is 0 Å². The number of carbonyl (C=O) groups is 1. The molecule has 0 bridgehead atoms. The number of hydrogen-bond donors (Lipinski definition) is 3. The van der Waals surface area contributed by atoms with Crippen LogP contribution in [0, 0.1) is 0 Å². The molecule has 1 rings (SSSR count). The summed E-state index contributed by atoms with van der Waals surface area (Å²) >= 11 is 0. The van der Waals surface area contributed by atoms with E-state index in [2.05, 4.69) is 15.3 Å². The summed E-state index contributed by atoms with van der Waals surface area (Å²) in [5.74, 6) is -0.781. The SMILES string of the molecule is CC(C)Nc1cnc(C(=O)O)c(N)n1. The van der Waals surface area contributed by atoms with Crippen molar-refractivity contribution >= 4 is 17.6 Å². The minimum absolute atomic E-state index is 0.0804. The lowest BCUT2D eigenvalue weighted by molar-refractivity contribution is 0.0691. The van der Waals surface area contributed by atoms with Crippen molar-refractivity contribution in [2.45, 2.75) is 19.9 Å². The van der Waals surface area contributed by atoms with E-state index < -0.39 is 5.97 Å². The lowest BCUT2D eigenvalue weighted by atomic mass is 10.4. The Morgan fingerprint density at radius 1 is 1.64 bits per heavy atom. The summed E-state index contributed by atoms with van der Waals surface area (Å²) in [4.78, 5) is 18.1. The molecule has 0 saturated heterocycles. The van der Waals surface area contributed by atoms with Gasteiger partial charge in [-0.05, 0) is 13.8 Å². The molecule has 0 amide bonds. The molecule has 0 fully saturated rings. The Labute approximate surface area is 81.2 Å². The van der Waals surface area contributed by atoms with Gasteiger partial charge in [0.1, 0.15) is 5.82 Å². The molecule has 1 heterocycles. The average molecular weight is 196 g/mol. The topological polar surface area (TPSA) is 101 Å². The molecule has 6 nitrogen and oxygen atoms in total. The van der Waals surface area contributed by atoms with E-state index in [1.165, 1.54) is 6.20 Å². The summed E-state index contributed by atoms with van der Waals surface area (Å²) in [6.45, 7) is 3.87. The Kier molecular flexibility index (Phi) is 2.85. The minimum atomic E-state index is -1.17. The molecule has 0 aliphatic carbocycles. The largest absolute Gasteiger partial charge is 0.476 e. The summed E-state index contributed by atoms with van der Waals surface area (Å²) in [6.07, 6.45) is 1.35. The van der Waals surface area contributed by atoms with Gasteiger partial charge in [0.2, 0.25) is 0 Å². The van der Waals surface area contributed by atoms with Gasteiger partial charge in [-0.2, -0.15) is 0 Å². The summed E-state index contributed by atoms with van der Waals surface area (Å²) in [5, 5.41) is 11.6. The molecule has 0 spiro atoms. The minimum Gasteiger partial charge on any atom is -0.476 e. The lowest BCUT2D eigenvalue weighted by Gasteiger charge is -2.09. The maximum absolute atomic E-state index is 10.6. The van der Waals surface area contributed by atoms with Crippen molar-refractivity contribution in [3.63, 3.8) is 0 Å². The average Bonchev–Trinajstić information content (AvgIpc) is 2.01. The third-order valence-corrected chi connectivity index (χ3v) is 1.44. The Morgan fingerprint density at radius 2 is 2.29 bits per heavy atom. The molecule has 1 aromatic heterocycles. The fraction of sp³-hybridized carbons (Fsp3) is 0.375. The van der Waals surface area contributed by atoms with Gasteiger partial charge >= 0.3 is 5.97 Å². The first-order valence-electron chi connectivity index (χ1n) is 4.13. The first-order valence-corrected chi connectivity index (χ1v) is 4.13. The Morgan fingerprint density at radius 3 is 2.71 bits per heavy atom. The van der Waals surface area contributed by atoms with Crippen LogP contribution in [0.1, 0.15) is 24.3 Å². The number of rotatable bonds is 3. The molecule has 0 aliphatic heterocycles. The summed E-state index contributed by atoms with van der Waals surface area (Å²) in [5.41, 5.74) is 5.18. The monoisotopic (exact) mass is 196 g/mol. The fourth-order valence-corrected chi connectivity index (χ4v) is 0.934. The third kappa shape index (κ3) is 2.32. The molecule has 0 unspecified atom stereocenters. The van der Waals surface area contributed by atoms with Crippen LogP contribution < -0.4 is 11.1 Å². The number of nitrogens with two attached hydrogens (primary N) is 1. The van der Waals surface area contributed by atoms with E-state index in [4.69, 9.17) is 10.8 Å². The molecule has 6 heteroatoms.